The molecule has 4 nitrogen and oxygen atoms in total. The van der Waals surface area contributed by atoms with Crippen molar-refractivity contribution in [1.82, 2.24) is 0 Å². The quantitative estimate of drug-likeness (QED) is 0.644. The Balaban J connectivity index is 3.06. The molecule has 110 valence electrons. The van der Waals surface area contributed by atoms with E-state index in [-0.39, 0.29) is 0 Å². The number of halogens is 1. The summed E-state index contributed by atoms with van der Waals surface area (Å²) in [6, 6.07) is 9.39. The summed E-state index contributed by atoms with van der Waals surface area (Å²) in [6.45, 7) is 5.50. The fraction of sp³-hybridized carbons (Fsp3) is 0.467. The van der Waals surface area contributed by atoms with Crippen molar-refractivity contribution < 1.29 is 14.6 Å². The Bertz CT molecular complexity index is 488. The van der Waals surface area contributed by atoms with Gasteiger partial charge in [-0.15, -0.1) is 0 Å². The van der Waals surface area contributed by atoms with E-state index >= 15 is 0 Å². The van der Waals surface area contributed by atoms with Crippen LogP contribution in [-0.2, 0) is 16.0 Å². The summed E-state index contributed by atoms with van der Waals surface area (Å²) in [5.41, 5.74) is 5.34. The van der Waals surface area contributed by atoms with Crippen molar-refractivity contribution in [3.8, 4) is 0 Å². The molecule has 2 atom stereocenters. The number of rotatable bonds is 5. The van der Waals surface area contributed by atoms with Gasteiger partial charge in [-0.25, -0.2) is 4.79 Å². The van der Waals surface area contributed by atoms with E-state index in [1.807, 2.05) is 51.1 Å². The maximum Gasteiger partial charge on any atom is 0.216 e. The molecule has 1 rings (SSSR count). The van der Waals surface area contributed by atoms with Crippen LogP contribution in [0.25, 0.3) is 0 Å². The first-order chi connectivity index (χ1) is 9.16. The Morgan fingerprint density at radius 1 is 1.40 bits per heavy atom. The number of alkyl halides is 1. The van der Waals surface area contributed by atoms with E-state index in [0.29, 0.717) is 6.42 Å². The number of ether oxygens (including phenoxy) is 1. The van der Waals surface area contributed by atoms with Gasteiger partial charge in [0.15, 0.2) is 0 Å². The Hall–Kier alpha value is -1.32. The minimum Gasteiger partial charge on any atom is -0.390 e. The maximum absolute atomic E-state index is 10.7. The summed E-state index contributed by atoms with van der Waals surface area (Å²) in [7, 11) is 0. The second-order valence-electron chi connectivity index (χ2n) is 5.60. The summed E-state index contributed by atoms with van der Waals surface area (Å²) in [6.07, 6.45) is -0.548. The molecule has 0 saturated carbocycles. The van der Waals surface area contributed by atoms with Crippen LogP contribution in [0.15, 0.2) is 36.0 Å². The molecule has 5 heteroatoms. The molecule has 0 aliphatic heterocycles. The molecule has 0 aromatic heterocycles. The van der Waals surface area contributed by atoms with Crippen LogP contribution in [0.3, 0.4) is 0 Å². The molecule has 0 radical (unpaired) electrons. The summed E-state index contributed by atoms with van der Waals surface area (Å²) in [4.78, 5) is 10.7. The highest BCUT2D eigenvalue weighted by Gasteiger charge is 2.41. The fourth-order valence-electron chi connectivity index (χ4n) is 1.75. The minimum atomic E-state index is -2.09. The van der Waals surface area contributed by atoms with Gasteiger partial charge >= 0.3 is 0 Å². The van der Waals surface area contributed by atoms with Gasteiger partial charge in [0.05, 0.1) is 5.60 Å². The molecule has 0 fully saturated rings. The zero-order chi connectivity index (χ0) is 15.4. The Morgan fingerprint density at radius 2 is 1.95 bits per heavy atom. The maximum atomic E-state index is 10.7. The average Bonchev–Trinajstić information content (AvgIpc) is 2.36. The molecule has 20 heavy (non-hydrogen) atoms. The minimum absolute atomic E-state index is 0.320. The summed E-state index contributed by atoms with van der Waals surface area (Å²) >= 11 is 6.01. The second-order valence-corrected chi connectivity index (χ2v) is 6.17. The lowest BCUT2D eigenvalue weighted by atomic mass is 10.0. The molecular formula is C15H20ClNO3. The van der Waals surface area contributed by atoms with Crippen molar-refractivity contribution in [2.75, 3.05) is 0 Å². The predicted octanol–water partition coefficient (Wildman–Crippen LogP) is 2.01. The fourth-order valence-corrected chi connectivity index (χ4v) is 1.92. The van der Waals surface area contributed by atoms with Crippen LogP contribution >= 0.6 is 11.6 Å². The van der Waals surface area contributed by atoms with Crippen LogP contribution in [0, 0.1) is 0 Å². The molecule has 1 aromatic carbocycles. The van der Waals surface area contributed by atoms with Crippen LogP contribution < -0.4 is 5.73 Å². The smallest absolute Gasteiger partial charge is 0.216 e. The number of benzene rings is 1. The molecule has 0 saturated heterocycles. The molecule has 0 bridgehead atoms. The lowest BCUT2D eigenvalue weighted by Gasteiger charge is -2.35. The second kappa shape index (κ2) is 6.42. The molecular weight excluding hydrogens is 278 g/mol. The number of aliphatic hydroxyl groups is 1. The topological polar surface area (TPSA) is 72.6 Å². The van der Waals surface area contributed by atoms with Gasteiger partial charge in [0, 0.05) is 6.42 Å². The molecule has 3 N–H and O–H groups in total. The van der Waals surface area contributed by atoms with Crippen LogP contribution in [0.5, 0.6) is 0 Å². The monoisotopic (exact) mass is 297 g/mol. The largest absolute Gasteiger partial charge is 0.390 e. The first-order valence-electron chi connectivity index (χ1n) is 6.31. The lowest BCUT2D eigenvalue weighted by molar-refractivity contribution is -0.114. The van der Waals surface area contributed by atoms with E-state index in [9.17, 15) is 9.90 Å². The van der Waals surface area contributed by atoms with E-state index < -0.39 is 22.5 Å². The van der Waals surface area contributed by atoms with Crippen molar-refractivity contribution in [2.24, 2.45) is 5.73 Å². The zero-order valence-corrected chi connectivity index (χ0v) is 12.6. The Labute approximate surface area is 124 Å². The summed E-state index contributed by atoms with van der Waals surface area (Å²) < 4.78 is 5.77. The van der Waals surface area contributed by atoms with E-state index in [0.717, 1.165) is 5.56 Å². The van der Waals surface area contributed by atoms with Crippen LogP contribution in [-0.4, -0.2) is 27.8 Å². The van der Waals surface area contributed by atoms with Crippen LogP contribution in [0.2, 0.25) is 0 Å². The number of hydrogen-bond acceptors (Lipinski definition) is 4. The lowest BCUT2D eigenvalue weighted by Crippen LogP contribution is -2.48. The van der Waals surface area contributed by atoms with Crippen LogP contribution in [0.4, 0.5) is 0 Å². The van der Waals surface area contributed by atoms with Gasteiger partial charge in [0.1, 0.15) is 17.7 Å². The predicted molar refractivity (Wildman–Crippen MR) is 79.0 cm³/mol. The van der Waals surface area contributed by atoms with Gasteiger partial charge in [-0.05, 0) is 26.3 Å². The molecule has 2 unspecified atom stereocenters. The Morgan fingerprint density at radius 3 is 2.40 bits per heavy atom. The van der Waals surface area contributed by atoms with Crippen molar-refractivity contribution in [3.63, 3.8) is 0 Å². The van der Waals surface area contributed by atoms with E-state index in [2.05, 4.69) is 0 Å². The highest BCUT2D eigenvalue weighted by atomic mass is 35.5. The van der Waals surface area contributed by atoms with Crippen molar-refractivity contribution in [2.45, 2.75) is 44.0 Å². The summed E-state index contributed by atoms with van der Waals surface area (Å²) in [5.74, 6) is 1.44. The SMILES string of the molecule is CC(C)(C)OC(Cc1ccccc1)C(O)(Cl)C(N)=C=O. The third kappa shape index (κ3) is 4.66. The number of carbonyl (C=O) groups excluding carboxylic acids is 1. The van der Waals surface area contributed by atoms with E-state index in [4.69, 9.17) is 22.1 Å². The normalized spacial score (nSPS) is 16.1. The van der Waals surface area contributed by atoms with Crippen LogP contribution in [0.1, 0.15) is 26.3 Å². The number of hydrogen-bond donors (Lipinski definition) is 2. The average molecular weight is 298 g/mol. The van der Waals surface area contributed by atoms with E-state index in [1.54, 1.807) is 0 Å². The van der Waals surface area contributed by atoms with Gasteiger partial charge in [-0.3, -0.25) is 0 Å². The number of nitrogens with two attached hydrogens (primary N) is 1. The van der Waals surface area contributed by atoms with Crippen molar-refractivity contribution in [1.29, 1.82) is 0 Å². The summed E-state index contributed by atoms with van der Waals surface area (Å²) in [5, 5.41) is 8.19. The van der Waals surface area contributed by atoms with Gasteiger partial charge < -0.3 is 15.6 Å². The van der Waals surface area contributed by atoms with Crippen molar-refractivity contribution >= 4 is 17.5 Å². The standard InChI is InChI=1S/C15H20ClNO3/c1-14(2,3)20-13(15(16,19)12(17)10-18)9-11-7-5-4-6-8-11/h4-8,13,19H,9,17H2,1-3H3. The molecule has 0 heterocycles. The van der Waals surface area contributed by atoms with Gasteiger partial charge in [0.25, 0.3) is 0 Å². The third-order valence-electron chi connectivity index (χ3n) is 2.67. The first kappa shape index (κ1) is 16.7. The molecule has 1 aromatic rings. The highest BCUT2D eigenvalue weighted by Crippen LogP contribution is 2.30. The van der Waals surface area contributed by atoms with Gasteiger partial charge in [-0.1, -0.05) is 41.9 Å². The van der Waals surface area contributed by atoms with Crippen molar-refractivity contribution in [3.05, 3.63) is 41.6 Å². The third-order valence-corrected chi connectivity index (χ3v) is 3.12. The van der Waals surface area contributed by atoms with Gasteiger partial charge in [0.2, 0.25) is 5.06 Å². The zero-order valence-electron chi connectivity index (χ0n) is 11.9. The first-order valence-corrected chi connectivity index (χ1v) is 6.68. The molecule has 0 aliphatic carbocycles. The molecule has 0 amide bonds. The molecule has 0 spiro atoms. The highest BCUT2D eigenvalue weighted by molar-refractivity contribution is 6.25. The Kier molecular flexibility index (Phi) is 5.37. The van der Waals surface area contributed by atoms with Gasteiger partial charge in [-0.2, -0.15) is 0 Å². The van der Waals surface area contributed by atoms with E-state index in [1.165, 1.54) is 5.94 Å². The molecule has 0 aliphatic rings.